The molecule has 0 aliphatic heterocycles. The van der Waals surface area contributed by atoms with Gasteiger partial charge in [0.05, 0.1) is 0 Å². The summed E-state index contributed by atoms with van der Waals surface area (Å²) in [7, 11) is 1.83. The van der Waals surface area contributed by atoms with Gasteiger partial charge in [0, 0.05) is 19.2 Å². The monoisotopic (exact) mass is 321 g/mol. The van der Waals surface area contributed by atoms with Gasteiger partial charge < -0.3 is 0 Å². The van der Waals surface area contributed by atoms with Crippen LogP contribution in [0.5, 0.6) is 0 Å². The second-order valence-electron chi connectivity index (χ2n) is 6.25. The molecular weight excluding hydrogens is 290 g/mol. The van der Waals surface area contributed by atoms with Crippen molar-refractivity contribution in [2.45, 2.75) is 47.0 Å². The maximum atomic E-state index is 4.21. The molecule has 0 aromatic heterocycles. The summed E-state index contributed by atoms with van der Waals surface area (Å²) in [5.74, 6) is 0.380. The van der Waals surface area contributed by atoms with Gasteiger partial charge >= 0.3 is 0 Å². The smallest absolute Gasteiger partial charge is 0.0277 e. The largest absolute Gasteiger partial charge is 0.296 e. The number of aliphatic imine (C=N–C) groups is 1. The van der Waals surface area contributed by atoms with Crippen LogP contribution < -0.4 is 0 Å². The van der Waals surface area contributed by atoms with Crippen LogP contribution in [0.25, 0.3) is 5.57 Å². The molecule has 1 nitrogen and oxygen atoms in total. The van der Waals surface area contributed by atoms with Crippen molar-refractivity contribution in [3.05, 3.63) is 76.9 Å². The Kier molecular flexibility index (Phi) is 7.64. The average molecular weight is 322 g/mol. The van der Waals surface area contributed by atoms with Crippen LogP contribution in [0, 0.1) is 6.92 Å². The number of hydrogen-bond donors (Lipinski definition) is 0. The first-order valence-electron chi connectivity index (χ1n) is 8.59. The van der Waals surface area contributed by atoms with E-state index in [0.29, 0.717) is 5.92 Å². The second kappa shape index (κ2) is 9.22. The summed E-state index contributed by atoms with van der Waals surface area (Å²) in [5.41, 5.74) is 8.57. The lowest BCUT2D eigenvalue weighted by atomic mass is 9.84. The Morgan fingerprint density at radius 2 is 1.96 bits per heavy atom. The Bertz CT molecular complexity index is 699. The molecule has 0 aliphatic carbocycles. The first kappa shape index (κ1) is 19.9. The van der Waals surface area contributed by atoms with E-state index in [1.165, 1.54) is 27.8 Å². The Morgan fingerprint density at radius 3 is 2.38 bits per heavy atom. The van der Waals surface area contributed by atoms with Crippen molar-refractivity contribution in [3.8, 4) is 0 Å². The van der Waals surface area contributed by atoms with Gasteiger partial charge in [0.25, 0.3) is 0 Å². The van der Waals surface area contributed by atoms with E-state index in [0.717, 1.165) is 17.6 Å². The predicted molar refractivity (Wildman–Crippen MR) is 110 cm³/mol. The Morgan fingerprint density at radius 1 is 1.29 bits per heavy atom. The molecule has 1 aromatic rings. The first-order valence-corrected chi connectivity index (χ1v) is 8.59. The van der Waals surface area contributed by atoms with Crippen LogP contribution in [0.2, 0.25) is 0 Å². The van der Waals surface area contributed by atoms with Crippen molar-refractivity contribution >= 4 is 11.8 Å². The van der Waals surface area contributed by atoms with E-state index in [1.54, 1.807) is 0 Å². The third kappa shape index (κ3) is 4.44. The number of aryl methyl sites for hydroxylation is 1. The van der Waals surface area contributed by atoms with Gasteiger partial charge in [-0.1, -0.05) is 56.0 Å². The molecule has 1 rings (SSSR count). The molecule has 0 bridgehead atoms. The molecule has 1 atom stereocenters. The highest BCUT2D eigenvalue weighted by atomic mass is 14.6. The number of benzene rings is 1. The van der Waals surface area contributed by atoms with Crippen molar-refractivity contribution in [1.82, 2.24) is 0 Å². The fourth-order valence-electron chi connectivity index (χ4n) is 3.28. The molecule has 24 heavy (non-hydrogen) atoms. The molecule has 1 aromatic carbocycles. The average Bonchev–Trinajstić information content (AvgIpc) is 2.55. The summed E-state index contributed by atoms with van der Waals surface area (Å²) >= 11 is 0. The van der Waals surface area contributed by atoms with Crippen molar-refractivity contribution in [1.29, 1.82) is 0 Å². The topological polar surface area (TPSA) is 12.4 Å². The standard InChI is InChI=1S/C23H31N/c1-9-17(6)23(16(4)5)20-12-13-22(18(7)14-20)21(11-3)19(10-2)15-24-8/h9-10,12-15,21H,1,4,11H2,2-3,5-8H3/b19-10+,23-17+,24-15-. The SMILES string of the molecule is C=C/C(C)=C(\C(=C)C)c1ccc(C(CC)C(/C=N\C)=C/C)c(C)c1. The van der Waals surface area contributed by atoms with Crippen LogP contribution in [0.4, 0.5) is 0 Å². The van der Waals surface area contributed by atoms with Gasteiger partial charge in [-0.25, -0.2) is 0 Å². The van der Waals surface area contributed by atoms with Gasteiger partial charge in [0.1, 0.15) is 0 Å². The van der Waals surface area contributed by atoms with E-state index in [-0.39, 0.29) is 0 Å². The van der Waals surface area contributed by atoms with Crippen molar-refractivity contribution < 1.29 is 0 Å². The maximum absolute atomic E-state index is 4.21. The fraction of sp³-hybridized carbons (Fsp3) is 0.348. The molecule has 0 fully saturated rings. The zero-order valence-electron chi connectivity index (χ0n) is 16.1. The van der Waals surface area contributed by atoms with E-state index >= 15 is 0 Å². The van der Waals surface area contributed by atoms with Crippen LogP contribution >= 0.6 is 0 Å². The molecule has 0 N–H and O–H groups in total. The number of hydrogen-bond acceptors (Lipinski definition) is 1. The van der Waals surface area contributed by atoms with Crippen LogP contribution in [0.3, 0.4) is 0 Å². The lowest BCUT2D eigenvalue weighted by Crippen LogP contribution is -2.05. The van der Waals surface area contributed by atoms with Crippen LogP contribution in [-0.2, 0) is 0 Å². The third-order valence-corrected chi connectivity index (χ3v) is 4.48. The molecule has 0 aliphatic rings. The molecule has 0 heterocycles. The van der Waals surface area contributed by atoms with Gasteiger partial charge in [0.15, 0.2) is 0 Å². The minimum Gasteiger partial charge on any atom is -0.296 e. The zero-order valence-corrected chi connectivity index (χ0v) is 16.1. The van der Waals surface area contributed by atoms with Gasteiger partial charge in [-0.15, -0.1) is 0 Å². The third-order valence-electron chi connectivity index (χ3n) is 4.48. The summed E-state index contributed by atoms with van der Waals surface area (Å²) in [4.78, 5) is 4.21. The van der Waals surface area contributed by atoms with Gasteiger partial charge in [-0.3, -0.25) is 4.99 Å². The van der Waals surface area contributed by atoms with Gasteiger partial charge in [-0.2, -0.15) is 0 Å². The molecule has 0 amide bonds. The number of nitrogens with zero attached hydrogens (tertiary/aromatic N) is 1. The zero-order chi connectivity index (χ0) is 18.3. The minimum atomic E-state index is 0.380. The summed E-state index contributed by atoms with van der Waals surface area (Å²) in [6, 6.07) is 6.73. The highest BCUT2D eigenvalue weighted by Crippen LogP contribution is 2.33. The molecule has 0 spiro atoms. The van der Waals surface area contributed by atoms with E-state index in [9.17, 15) is 0 Å². The summed E-state index contributed by atoms with van der Waals surface area (Å²) < 4.78 is 0. The highest BCUT2D eigenvalue weighted by molar-refractivity contribution is 5.83. The molecule has 0 saturated carbocycles. The minimum absolute atomic E-state index is 0.380. The van der Waals surface area contributed by atoms with Crippen LogP contribution in [0.15, 0.2) is 65.2 Å². The molecule has 1 unspecified atom stereocenters. The Labute approximate surface area is 148 Å². The van der Waals surface area contributed by atoms with Gasteiger partial charge in [0.2, 0.25) is 0 Å². The van der Waals surface area contributed by atoms with Crippen molar-refractivity contribution in [2.75, 3.05) is 7.05 Å². The normalized spacial score (nSPS) is 14.5. The first-order chi connectivity index (χ1) is 11.4. The molecule has 1 heteroatoms. The van der Waals surface area contributed by atoms with E-state index in [1.807, 2.05) is 19.3 Å². The second-order valence-corrected chi connectivity index (χ2v) is 6.25. The lowest BCUT2D eigenvalue weighted by Gasteiger charge is -2.20. The van der Waals surface area contributed by atoms with Crippen molar-refractivity contribution in [3.63, 3.8) is 0 Å². The summed E-state index contributed by atoms with van der Waals surface area (Å²) in [6.07, 6.45) is 7.09. The summed E-state index contributed by atoms with van der Waals surface area (Å²) in [5, 5.41) is 0. The summed E-state index contributed by atoms with van der Waals surface area (Å²) in [6.45, 7) is 18.7. The maximum Gasteiger partial charge on any atom is 0.0277 e. The Balaban J connectivity index is 3.43. The Hall–Kier alpha value is -2.15. The lowest BCUT2D eigenvalue weighted by molar-refractivity contribution is 0.779. The van der Waals surface area contributed by atoms with Gasteiger partial charge in [-0.05, 0) is 67.5 Å². The van der Waals surface area contributed by atoms with E-state index in [4.69, 9.17) is 0 Å². The molecule has 0 saturated heterocycles. The fourth-order valence-corrected chi connectivity index (χ4v) is 3.28. The number of rotatable bonds is 7. The predicted octanol–water partition coefficient (Wildman–Crippen LogP) is 6.67. The van der Waals surface area contributed by atoms with E-state index in [2.05, 4.69) is 77.0 Å². The number of allylic oxidation sites excluding steroid dienone is 6. The van der Waals surface area contributed by atoms with E-state index < -0.39 is 0 Å². The van der Waals surface area contributed by atoms with Crippen molar-refractivity contribution in [2.24, 2.45) is 4.99 Å². The van der Waals surface area contributed by atoms with Crippen LogP contribution in [-0.4, -0.2) is 13.3 Å². The molecule has 128 valence electrons. The highest BCUT2D eigenvalue weighted by Gasteiger charge is 2.16. The molecular formula is C23H31N. The van der Waals surface area contributed by atoms with Crippen LogP contribution in [0.1, 0.15) is 56.7 Å². The molecule has 0 radical (unpaired) electrons. The quantitative estimate of drug-likeness (QED) is 0.393.